The second-order valence-electron chi connectivity index (χ2n) is 6.82. The molecular formula is C19H15F2IN6O2. The molecule has 2 heterocycles. The van der Waals surface area contributed by atoms with Crippen LogP contribution in [0.25, 0.3) is 10.9 Å². The summed E-state index contributed by atoms with van der Waals surface area (Å²) < 4.78 is 31.3. The Labute approximate surface area is 182 Å². The summed E-state index contributed by atoms with van der Waals surface area (Å²) in [5, 5.41) is 23.9. The van der Waals surface area contributed by atoms with Crippen LogP contribution in [0.1, 0.15) is 18.5 Å². The van der Waals surface area contributed by atoms with Gasteiger partial charge < -0.3 is 5.11 Å². The van der Waals surface area contributed by atoms with Gasteiger partial charge in [0.15, 0.2) is 0 Å². The summed E-state index contributed by atoms with van der Waals surface area (Å²) in [5.41, 5.74) is -2.31. The molecule has 154 valence electrons. The van der Waals surface area contributed by atoms with Crippen LogP contribution in [0.4, 0.5) is 8.78 Å². The molecule has 0 radical (unpaired) electrons. The number of aromatic nitrogens is 6. The van der Waals surface area contributed by atoms with Crippen molar-refractivity contribution in [2.75, 3.05) is 0 Å². The second kappa shape index (κ2) is 7.80. The predicted octanol–water partition coefficient (Wildman–Crippen LogP) is 2.41. The van der Waals surface area contributed by atoms with Gasteiger partial charge in [0, 0.05) is 15.2 Å². The van der Waals surface area contributed by atoms with Gasteiger partial charge in [-0.05, 0) is 53.8 Å². The number of benzene rings is 2. The summed E-state index contributed by atoms with van der Waals surface area (Å²) in [4.78, 5) is 16.9. The Bertz CT molecular complexity index is 1280. The Morgan fingerprint density at radius 1 is 1.23 bits per heavy atom. The third-order valence-corrected chi connectivity index (χ3v) is 5.64. The van der Waals surface area contributed by atoms with Gasteiger partial charge in [-0.1, -0.05) is 11.3 Å². The Hall–Kier alpha value is -2.80. The Kier molecular flexibility index (Phi) is 5.32. The van der Waals surface area contributed by atoms with E-state index in [1.54, 1.807) is 18.2 Å². The lowest BCUT2D eigenvalue weighted by Crippen LogP contribution is -2.44. The molecule has 2 atom stereocenters. The zero-order valence-corrected chi connectivity index (χ0v) is 17.7. The van der Waals surface area contributed by atoms with Crippen molar-refractivity contribution < 1.29 is 13.9 Å². The fraction of sp³-hybridized carbons (Fsp3) is 0.211. The minimum absolute atomic E-state index is 0.205. The molecular weight excluding hydrogens is 509 g/mol. The van der Waals surface area contributed by atoms with E-state index in [-0.39, 0.29) is 12.1 Å². The van der Waals surface area contributed by atoms with E-state index < -0.39 is 28.8 Å². The minimum atomic E-state index is -2.01. The predicted molar refractivity (Wildman–Crippen MR) is 112 cm³/mol. The molecule has 0 aliphatic rings. The summed E-state index contributed by atoms with van der Waals surface area (Å²) in [6.45, 7) is 1.25. The molecule has 0 saturated carbocycles. The molecule has 11 heteroatoms. The number of halogens is 3. The highest BCUT2D eigenvalue weighted by Gasteiger charge is 2.41. The summed E-state index contributed by atoms with van der Waals surface area (Å²) in [6, 6.07) is 6.85. The lowest BCUT2D eigenvalue weighted by Gasteiger charge is -2.34. The second-order valence-corrected chi connectivity index (χ2v) is 8.06. The lowest BCUT2D eigenvalue weighted by molar-refractivity contribution is -0.0390. The van der Waals surface area contributed by atoms with Crippen molar-refractivity contribution in [2.45, 2.75) is 25.1 Å². The number of hydrogen-bond donors (Lipinski definition) is 1. The third kappa shape index (κ3) is 3.58. The first-order chi connectivity index (χ1) is 14.3. The van der Waals surface area contributed by atoms with Crippen LogP contribution < -0.4 is 5.56 Å². The van der Waals surface area contributed by atoms with Crippen molar-refractivity contribution in [2.24, 2.45) is 0 Å². The van der Waals surface area contributed by atoms with Gasteiger partial charge in [-0.2, -0.15) is 5.10 Å². The van der Waals surface area contributed by atoms with Crippen LogP contribution in [0, 0.1) is 15.2 Å². The highest BCUT2D eigenvalue weighted by atomic mass is 127. The van der Waals surface area contributed by atoms with Gasteiger partial charge in [0.2, 0.25) is 0 Å². The van der Waals surface area contributed by atoms with E-state index in [1.807, 2.05) is 0 Å². The van der Waals surface area contributed by atoms with Gasteiger partial charge >= 0.3 is 0 Å². The van der Waals surface area contributed by atoms with Crippen molar-refractivity contribution in [1.82, 2.24) is 29.8 Å². The molecule has 0 aliphatic carbocycles. The topological polar surface area (TPSA) is 98.7 Å². The maximum atomic E-state index is 14.7. The molecule has 8 nitrogen and oxygen atoms in total. The van der Waals surface area contributed by atoms with Crippen LogP contribution in [0.2, 0.25) is 0 Å². The van der Waals surface area contributed by atoms with Gasteiger partial charge in [-0.15, -0.1) is 5.10 Å². The number of fused-ring (bicyclic) bond motifs is 1. The van der Waals surface area contributed by atoms with E-state index in [4.69, 9.17) is 0 Å². The first-order valence-electron chi connectivity index (χ1n) is 8.84. The minimum Gasteiger partial charge on any atom is -0.381 e. The van der Waals surface area contributed by atoms with Crippen LogP contribution in [0.15, 0.2) is 53.8 Å². The van der Waals surface area contributed by atoms with Crippen molar-refractivity contribution in [3.05, 3.63) is 80.2 Å². The van der Waals surface area contributed by atoms with E-state index in [1.165, 1.54) is 24.3 Å². The van der Waals surface area contributed by atoms with Crippen LogP contribution in [0.3, 0.4) is 0 Å². The molecule has 2 unspecified atom stereocenters. The molecule has 4 rings (SSSR count). The highest BCUT2D eigenvalue weighted by Crippen LogP contribution is 2.35. The summed E-state index contributed by atoms with van der Waals surface area (Å²) >= 11 is 2.10. The molecule has 0 spiro atoms. The lowest BCUT2D eigenvalue weighted by atomic mass is 9.86. The highest BCUT2D eigenvalue weighted by molar-refractivity contribution is 14.1. The van der Waals surface area contributed by atoms with Gasteiger partial charge in [0.1, 0.15) is 35.4 Å². The van der Waals surface area contributed by atoms with E-state index in [0.717, 1.165) is 20.4 Å². The number of hydrogen-bond acceptors (Lipinski definition) is 6. The quantitative estimate of drug-likeness (QED) is 0.403. The van der Waals surface area contributed by atoms with Crippen molar-refractivity contribution in [3.8, 4) is 0 Å². The van der Waals surface area contributed by atoms with Gasteiger partial charge in [0.25, 0.3) is 5.56 Å². The van der Waals surface area contributed by atoms with Gasteiger partial charge in [-0.25, -0.2) is 23.1 Å². The molecule has 0 saturated heterocycles. The van der Waals surface area contributed by atoms with Crippen molar-refractivity contribution in [1.29, 1.82) is 0 Å². The largest absolute Gasteiger partial charge is 0.381 e. The third-order valence-electron chi connectivity index (χ3n) is 4.97. The van der Waals surface area contributed by atoms with Crippen molar-refractivity contribution >= 4 is 33.5 Å². The fourth-order valence-corrected chi connectivity index (χ4v) is 3.80. The Morgan fingerprint density at radius 2 is 2.03 bits per heavy atom. The normalized spacial score (nSPS) is 14.6. The molecule has 2 aromatic carbocycles. The zero-order valence-electron chi connectivity index (χ0n) is 15.6. The maximum Gasteiger partial charge on any atom is 0.277 e. The Morgan fingerprint density at radius 3 is 2.73 bits per heavy atom. The summed E-state index contributed by atoms with van der Waals surface area (Å²) in [6.07, 6.45) is 2.60. The first-order valence-corrected chi connectivity index (χ1v) is 9.92. The van der Waals surface area contributed by atoms with Crippen LogP contribution in [0.5, 0.6) is 0 Å². The summed E-state index contributed by atoms with van der Waals surface area (Å²) in [7, 11) is 0. The van der Waals surface area contributed by atoms with Crippen LogP contribution in [-0.2, 0) is 12.1 Å². The molecule has 30 heavy (non-hydrogen) atoms. The first kappa shape index (κ1) is 20.5. The smallest absolute Gasteiger partial charge is 0.277 e. The number of aliphatic hydroxyl groups is 1. The fourth-order valence-electron chi connectivity index (χ4n) is 3.33. The molecule has 0 aliphatic heterocycles. The summed E-state index contributed by atoms with van der Waals surface area (Å²) in [5.74, 6) is -1.75. The monoisotopic (exact) mass is 524 g/mol. The van der Waals surface area contributed by atoms with Gasteiger partial charge in [0.05, 0.1) is 18.0 Å². The maximum absolute atomic E-state index is 14.7. The standard InChI is InChI=1S/C19H15F2IN6O2/c1-11(28-18(29)14-4-3-13(22)7-17(14)25-26-28)19(30,8-27-10-23-9-24-27)15-5-2-12(20)6-16(15)21/h2-7,9-11,30H,8H2,1H3. The van der Waals surface area contributed by atoms with E-state index in [2.05, 4.69) is 43.0 Å². The number of nitrogens with zero attached hydrogens (tertiary/aromatic N) is 6. The van der Waals surface area contributed by atoms with Crippen LogP contribution in [-0.4, -0.2) is 34.9 Å². The van der Waals surface area contributed by atoms with Crippen molar-refractivity contribution in [3.63, 3.8) is 0 Å². The number of rotatable bonds is 5. The Balaban J connectivity index is 1.88. The SMILES string of the molecule is CC(n1nnc2cc(I)ccc2c1=O)C(O)(Cn1cncn1)c1ccc(F)cc1F. The molecule has 0 amide bonds. The molecule has 2 aromatic heterocycles. The van der Waals surface area contributed by atoms with Crippen LogP contribution >= 0.6 is 22.6 Å². The molecule has 0 fully saturated rings. The average molecular weight is 524 g/mol. The van der Waals surface area contributed by atoms with Gasteiger partial charge in [-0.3, -0.25) is 4.79 Å². The van der Waals surface area contributed by atoms with E-state index in [0.29, 0.717) is 17.0 Å². The van der Waals surface area contributed by atoms with E-state index >= 15 is 0 Å². The average Bonchev–Trinajstić information content (AvgIpc) is 3.20. The molecule has 4 aromatic rings. The molecule has 0 bridgehead atoms. The molecule has 1 N–H and O–H groups in total. The van der Waals surface area contributed by atoms with E-state index in [9.17, 15) is 18.7 Å². The zero-order chi connectivity index (χ0) is 21.5.